The number of hydrogen-bond donors (Lipinski definition) is 0. The molecule has 0 bridgehead atoms. The van der Waals surface area contributed by atoms with E-state index in [2.05, 4.69) is 0 Å². The predicted octanol–water partition coefficient (Wildman–Crippen LogP) is 20.4. The molecule has 12 aromatic carbocycles. The lowest BCUT2D eigenvalue weighted by Gasteiger charge is -1.93. The summed E-state index contributed by atoms with van der Waals surface area (Å²) < 4.78 is 0. The van der Waals surface area contributed by atoms with E-state index in [4.69, 9.17) is 0 Å². The van der Waals surface area contributed by atoms with Crippen LogP contribution in [0, 0.1) is 0 Å². The Bertz CT molecular complexity index is 1830. The first-order chi connectivity index (χ1) is 37.8. The van der Waals surface area contributed by atoms with Crippen molar-refractivity contribution >= 4 is 5.78 Å². The van der Waals surface area contributed by atoms with Gasteiger partial charge in [0.2, 0.25) is 0 Å². The second-order valence-electron chi connectivity index (χ2n) is 15.1. The number of ketones is 1. The number of carbonyl (C=O) groups is 1. The summed E-state index contributed by atoms with van der Waals surface area (Å²) in [5, 5.41) is 0. The molecule has 0 aromatic heterocycles. The zero-order chi connectivity index (χ0) is 54.1. The molecule has 12 rings (SSSR count). The Morgan fingerprint density at radius 1 is 0.171 bits per heavy atom. The predicted molar refractivity (Wildman–Crippen MR) is 332 cm³/mol. The number of hydrogen-bond acceptors (Lipinski definition) is 1. The molecule has 0 saturated heterocycles. The topological polar surface area (TPSA) is 17.1 Å². The van der Waals surface area contributed by atoms with Gasteiger partial charge in [0.15, 0.2) is 0 Å². The molecule has 12 aromatic rings. The van der Waals surface area contributed by atoms with Crippen LogP contribution in [0.1, 0.15) is 12.5 Å². The van der Waals surface area contributed by atoms with Crippen LogP contribution in [-0.4, -0.2) is 5.78 Å². The van der Waals surface area contributed by atoms with Crippen molar-refractivity contribution in [1.82, 2.24) is 0 Å². The van der Waals surface area contributed by atoms with Crippen molar-refractivity contribution in [2.45, 2.75) is 13.3 Å². The van der Waals surface area contributed by atoms with Crippen LogP contribution in [-0.2, 0) is 11.2 Å². The Hall–Kier alpha value is -9.69. The van der Waals surface area contributed by atoms with Gasteiger partial charge in [-0.2, -0.15) is 0 Å². The fraction of sp³-hybridized carbons (Fsp3) is 0.0267. The first kappa shape index (κ1) is 64.3. The first-order valence-electron chi connectivity index (χ1n) is 25.3. The zero-order valence-electron chi connectivity index (χ0n) is 44.1. The van der Waals surface area contributed by atoms with E-state index < -0.39 is 0 Å². The smallest absolute Gasteiger partial charge is 0.134 e. The molecule has 0 N–H and O–H groups in total. The van der Waals surface area contributed by atoms with Crippen LogP contribution in [0.4, 0.5) is 0 Å². The summed E-state index contributed by atoms with van der Waals surface area (Å²) in [6.07, 6.45) is 0.556. The van der Waals surface area contributed by atoms with Crippen molar-refractivity contribution in [3.05, 3.63) is 436 Å². The molecule has 382 valence electrons. The molecule has 0 heterocycles. The normalized spacial score (nSPS) is 8.17. The summed E-state index contributed by atoms with van der Waals surface area (Å²) in [7, 11) is 0. The van der Waals surface area contributed by atoms with Crippen LogP contribution in [0.5, 0.6) is 0 Å². The van der Waals surface area contributed by atoms with Crippen molar-refractivity contribution in [2.75, 3.05) is 0 Å². The summed E-state index contributed by atoms with van der Waals surface area (Å²) >= 11 is 0. The minimum absolute atomic E-state index is 0.214. The summed E-state index contributed by atoms with van der Waals surface area (Å²) in [6.45, 7) is 1.60. The molecule has 0 radical (unpaired) electrons. The third-order valence-corrected chi connectivity index (χ3v) is 8.63. The summed E-state index contributed by atoms with van der Waals surface area (Å²) in [6, 6.07) is 142. The van der Waals surface area contributed by atoms with E-state index in [1.54, 1.807) is 6.92 Å². The Kier molecular flexibility index (Phi) is 49.0. The molecule has 0 spiro atoms. The molecular formula is C75H76O. The molecule has 0 fully saturated rings. The van der Waals surface area contributed by atoms with Crippen molar-refractivity contribution in [2.24, 2.45) is 0 Å². The highest BCUT2D eigenvalue weighted by molar-refractivity contribution is 5.78. The standard InChI is InChI=1S/C9H10O.11C6H6/c1-8(10)7-9-5-3-2-4-6-9;11*1-2-4-6-5-3-1/h2-6H,7H2,1H3;11*1-6H. The van der Waals surface area contributed by atoms with Crippen LogP contribution >= 0.6 is 0 Å². The van der Waals surface area contributed by atoms with E-state index >= 15 is 0 Å². The monoisotopic (exact) mass is 993 g/mol. The second kappa shape index (κ2) is 57.9. The molecular weight excluding hydrogens is 917 g/mol. The molecule has 1 nitrogen and oxygen atoms in total. The quantitative estimate of drug-likeness (QED) is 0.169. The third kappa shape index (κ3) is 55.2. The molecule has 0 aliphatic carbocycles. The average Bonchev–Trinajstić information content (AvgIpc) is 3.55. The summed E-state index contributed by atoms with van der Waals surface area (Å²) in [5.74, 6) is 0.214. The fourth-order valence-electron chi connectivity index (χ4n) is 5.12. The Balaban J connectivity index is 0.000000416. The number of rotatable bonds is 2. The van der Waals surface area contributed by atoms with E-state index in [0.29, 0.717) is 6.42 Å². The van der Waals surface area contributed by atoms with Gasteiger partial charge < -0.3 is 0 Å². The van der Waals surface area contributed by atoms with Gasteiger partial charge >= 0.3 is 0 Å². The van der Waals surface area contributed by atoms with Gasteiger partial charge in [0.25, 0.3) is 0 Å². The molecule has 0 aliphatic heterocycles. The lowest BCUT2D eigenvalue weighted by Crippen LogP contribution is -1.94. The van der Waals surface area contributed by atoms with Gasteiger partial charge in [-0.05, 0) is 12.5 Å². The molecule has 0 unspecified atom stereocenters. The van der Waals surface area contributed by atoms with Gasteiger partial charge in [0, 0.05) is 6.42 Å². The highest BCUT2D eigenvalue weighted by atomic mass is 16.1. The maximum Gasteiger partial charge on any atom is 0.134 e. The maximum absolute atomic E-state index is 10.6. The number of Topliss-reactive ketones (excluding diaryl/α,β-unsaturated/α-hetero) is 1. The van der Waals surface area contributed by atoms with E-state index in [9.17, 15) is 4.79 Å². The van der Waals surface area contributed by atoms with E-state index in [1.807, 2.05) is 431 Å². The Labute approximate surface area is 457 Å². The summed E-state index contributed by atoms with van der Waals surface area (Å²) in [5.41, 5.74) is 1.09. The minimum atomic E-state index is 0.214. The van der Waals surface area contributed by atoms with Crippen LogP contribution in [0.3, 0.4) is 0 Å². The SMILES string of the molecule is CC(=O)Cc1ccccc1.c1ccccc1.c1ccccc1.c1ccccc1.c1ccccc1.c1ccccc1.c1ccccc1.c1ccccc1.c1ccccc1.c1ccccc1.c1ccccc1.c1ccccc1. The second-order valence-corrected chi connectivity index (χ2v) is 15.1. The molecule has 1 heteroatoms. The fourth-order valence-corrected chi connectivity index (χ4v) is 5.12. The first-order valence-corrected chi connectivity index (χ1v) is 25.3. The summed E-state index contributed by atoms with van der Waals surface area (Å²) in [4.78, 5) is 10.6. The maximum atomic E-state index is 10.6. The highest BCUT2D eigenvalue weighted by Gasteiger charge is 1.93. The van der Waals surface area contributed by atoms with Crippen molar-refractivity contribution in [3.63, 3.8) is 0 Å². The number of benzene rings is 12. The zero-order valence-corrected chi connectivity index (χ0v) is 44.1. The van der Waals surface area contributed by atoms with E-state index in [0.717, 1.165) is 5.56 Å². The van der Waals surface area contributed by atoms with Gasteiger partial charge in [0.05, 0.1) is 0 Å². The van der Waals surface area contributed by atoms with Gasteiger partial charge in [-0.3, -0.25) is 4.79 Å². The molecule has 76 heavy (non-hydrogen) atoms. The molecule has 0 atom stereocenters. The van der Waals surface area contributed by atoms with E-state index in [1.165, 1.54) is 0 Å². The largest absolute Gasteiger partial charge is 0.300 e. The lowest BCUT2D eigenvalue weighted by atomic mass is 10.1. The van der Waals surface area contributed by atoms with Crippen LogP contribution < -0.4 is 0 Å². The van der Waals surface area contributed by atoms with Gasteiger partial charge in [-0.15, -0.1) is 0 Å². The Morgan fingerprint density at radius 3 is 0.329 bits per heavy atom. The van der Waals surface area contributed by atoms with Crippen molar-refractivity contribution in [1.29, 1.82) is 0 Å². The molecule has 0 saturated carbocycles. The van der Waals surface area contributed by atoms with Crippen LogP contribution in [0.2, 0.25) is 0 Å². The third-order valence-electron chi connectivity index (χ3n) is 8.63. The van der Waals surface area contributed by atoms with E-state index in [-0.39, 0.29) is 5.78 Å². The Morgan fingerprint density at radius 2 is 0.250 bits per heavy atom. The van der Waals surface area contributed by atoms with Gasteiger partial charge in [0.1, 0.15) is 5.78 Å². The van der Waals surface area contributed by atoms with Crippen LogP contribution in [0.25, 0.3) is 0 Å². The van der Waals surface area contributed by atoms with Crippen LogP contribution in [0.15, 0.2) is 431 Å². The van der Waals surface area contributed by atoms with Gasteiger partial charge in [-0.25, -0.2) is 0 Å². The van der Waals surface area contributed by atoms with Crippen molar-refractivity contribution in [3.8, 4) is 0 Å². The minimum Gasteiger partial charge on any atom is -0.300 e. The molecule has 0 aliphatic rings. The lowest BCUT2D eigenvalue weighted by molar-refractivity contribution is -0.116. The van der Waals surface area contributed by atoms with Crippen molar-refractivity contribution < 1.29 is 4.79 Å². The highest BCUT2D eigenvalue weighted by Crippen LogP contribution is 1.99. The van der Waals surface area contributed by atoms with Gasteiger partial charge in [-0.1, -0.05) is 431 Å². The number of carbonyl (C=O) groups excluding carboxylic acids is 1. The average molecular weight is 993 g/mol. The molecule has 0 amide bonds.